The summed E-state index contributed by atoms with van der Waals surface area (Å²) in [4.78, 5) is 0. The van der Waals surface area contributed by atoms with Gasteiger partial charge in [-0.05, 0) is 30.2 Å². The molecule has 1 N–H and O–H groups in total. The molecule has 2 rings (SSSR count). The molecule has 2 nitrogen and oxygen atoms in total. The van der Waals surface area contributed by atoms with Crippen molar-refractivity contribution in [2.24, 2.45) is 0 Å². The number of hydrogen-bond acceptors (Lipinski definition) is 2. The maximum absolute atomic E-state index is 12.5. The Bertz CT molecular complexity index is 569. The molecule has 1 unspecified atom stereocenters. The van der Waals surface area contributed by atoms with Crippen molar-refractivity contribution in [2.45, 2.75) is 25.9 Å². The Morgan fingerprint density at radius 2 is 1.76 bits per heavy atom. The molecule has 0 fully saturated rings. The number of benzene rings is 2. The van der Waals surface area contributed by atoms with Gasteiger partial charge in [-0.2, -0.15) is 0 Å². The third-order valence-corrected chi connectivity index (χ3v) is 3.44. The molecule has 0 bridgehead atoms. The van der Waals surface area contributed by atoms with Crippen LogP contribution in [0.25, 0.3) is 0 Å². The number of rotatable bonds is 6. The molecule has 4 heteroatoms. The maximum Gasteiger partial charge on any atom is 0.263 e. The zero-order chi connectivity index (χ0) is 15.2. The highest BCUT2D eigenvalue weighted by Gasteiger charge is 2.08. The minimum atomic E-state index is -2.41. The minimum absolute atomic E-state index is 0.0552. The fourth-order valence-corrected chi connectivity index (χ4v) is 2.08. The smallest absolute Gasteiger partial charge is 0.263 e. The van der Waals surface area contributed by atoms with E-state index in [1.807, 2.05) is 24.3 Å². The van der Waals surface area contributed by atoms with Crippen molar-refractivity contribution < 1.29 is 13.5 Å². The van der Waals surface area contributed by atoms with Gasteiger partial charge in [0.25, 0.3) is 6.43 Å². The van der Waals surface area contributed by atoms with Gasteiger partial charge in [-0.25, -0.2) is 8.78 Å². The largest absolute Gasteiger partial charge is 0.497 e. The molecule has 0 aliphatic rings. The number of methoxy groups -OCH3 is 1. The van der Waals surface area contributed by atoms with E-state index in [-0.39, 0.29) is 11.6 Å². The predicted molar refractivity (Wildman–Crippen MR) is 79.6 cm³/mol. The van der Waals surface area contributed by atoms with Crippen LogP contribution in [-0.4, -0.2) is 7.11 Å². The second-order valence-electron chi connectivity index (χ2n) is 4.92. The van der Waals surface area contributed by atoms with E-state index in [9.17, 15) is 8.78 Å². The molecule has 0 heterocycles. The maximum atomic E-state index is 12.5. The highest BCUT2D eigenvalue weighted by molar-refractivity contribution is 5.30. The van der Waals surface area contributed by atoms with Crippen LogP contribution < -0.4 is 10.1 Å². The Morgan fingerprint density at radius 3 is 2.38 bits per heavy atom. The summed E-state index contributed by atoms with van der Waals surface area (Å²) in [5.74, 6) is 0.822. The highest BCUT2D eigenvalue weighted by atomic mass is 19.3. The molecule has 0 amide bonds. The van der Waals surface area contributed by atoms with E-state index in [1.54, 1.807) is 19.2 Å². The molecule has 2 aromatic carbocycles. The topological polar surface area (TPSA) is 21.3 Å². The lowest BCUT2D eigenvalue weighted by atomic mass is 10.1. The molecular formula is C17H19F2NO. The van der Waals surface area contributed by atoms with E-state index in [1.165, 1.54) is 12.1 Å². The van der Waals surface area contributed by atoms with Crippen LogP contribution in [0.3, 0.4) is 0 Å². The quantitative estimate of drug-likeness (QED) is 0.847. The first kappa shape index (κ1) is 15.4. The molecule has 1 atom stereocenters. The van der Waals surface area contributed by atoms with E-state index in [2.05, 4.69) is 12.2 Å². The molecule has 21 heavy (non-hydrogen) atoms. The van der Waals surface area contributed by atoms with Crippen LogP contribution in [0.15, 0.2) is 48.5 Å². The second kappa shape index (κ2) is 7.18. The molecular weight excluding hydrogens is 272 g/mol. The van der Waals surface area contributed by atoms with Gasteiger partial charge < -0.3 is 10.1 Å². The van der Waals surface area contributed by atoms with Crippen molar-refractivity contribution in [1.29, 1.82) is 0 Å². The van der Waals surface area contributed by atoms with Crippen LogP contribution in [0, 0.1) is 0 Å². The molecule has 0 spiro atoms. The Balaban J connectivity index is 1.95. The lowest BCUT2D eigenvalue weighted by Crippen LogP contribution is -2.18. The first-order chi connectivity index (χ1) is 10.1. The lowest BCUT2D eigenvalue weighted by Gasteiger charge is -2.15. The Hall–Kier alpha value is -1.94. The first-order valence-electron chi connectivity index (χ1n) is 6.84. The van der Waals surface area contributed by atoms with Crippen LogP contribution in [0.5, 0.6) is 5.75 Å². The van der Waals surface area contributed by atoms with Gasteiger partial charge in [-0.15, -0.1) is 0 Å². The fraction of sp³-hybridized carbons (Fsp3) is 0.294. The number of alkyl halides is 2. The standard InChI is InChI=1S/C17H19F2NO/c1-12(15-4-3-5-16(10-15)21-2)20-11-13-6-8-14(9-7-13)17(18)19/h3-10,12,17,20H,11H2,1-2H3. The van der Waals surface area contributed by atoms with Crippen molar-refractivity contribution in [3.05, 3.63) is 65.2 Å². The van der Waals surface area contributed by atoms with Gasteiger partial charge in [0.05, 0.1) is 7.11 Å². The summed E-state index contributed by atoms with van der Waals surface area (Å²) in [6.45, 7) is 2.68. The summed E-state index contributed by atoms with van der Waals surface area (Å²) in [5, 5.41) is 3.37. The summed E-state index contributed by atoms with van der Waals surface area (Å²) < 4.78 is 30.2. The van der Waals surface area contributed by atoms with Crippen molar-refractivity contribution in [1.82, 2.24) is 5.32 Å². The number of nitrogens with one attached hydrogen (secondary N) is 1. The van der Waals surface area contributed by atoms with Crippen molar-refractivity contribution in [2.75, 3.05) is 7.11 Å². The van der Waals surface area contributed by atoms with Crippen LogP contribution in [0.4, 0.5) is 8.78 Å². The van der Waals surface area contributed by atoms with Gasteiger partial charge in [0, 0.05) is 18.2 Å². The van der Waals surface area contributed by atoms with E-state index in [0.717, 1.165) is 16.9 Å². The predicted octanol–water partition coefficient (Wildman–Crippen LogP) is 4.48. The lowest BCUT2D eigenvalue weighted by molar-refractivity contribution is 0.151. The van der Waals surface area contributed by atoms with E-state index in [0.29, 0.717) is 6.54 Å². The third-order valence-electron chi connectivity index (χ3n) is 3.44. The molecule has 0 saturated heterocycles. The van der Waals surface area contributed by atoms with Crippen LogP contribution in [-0.2, 0) is 6.54 Å². The van der Waals surface area contributed by atoms with Gasteiger partial charge in [0.1, 0.15) is 5.75 Å². The van der Waals surface area contributed by atoms with Gasteiger partial charge in [0.2, 0.25) is 0 Å². The van der Waals surface area contributed by atoms with Crippen LogP contribution in [0.2, 0.25) is 0 Å². The van der Waals surface area contributed by atoms with E-state index in [4.69, 9.17) is 4.74 Å². The Labute approximate surface area is 123 Å². The number of ether oxygens (including phenoxy) is 1. The number of halogens is 2. The van der Waals surface area contributed by atoms with Gasteiger partial charge in [-0.1, -0.05) is 36.4 Å². The molecule has 0 saturated carbocycles. The second-order valence-corrected chi connectivity index (χ2v) is 4.92. The minimum Gasteiger partial charge on any atom is -0.497 e. The molecule has 0 aliphatic heterocycles. The van der Waals surface area contributed by atoms with Gasteiger partial charge in [-0.3, -0.25) is 0 Å². The summed E-state index contributed by atoms with van der Waals surface area (Å²) in [5.41, 5.74) is 2.16. The van der Waals surface area contributed by atoms with Crippen molar-refractivity contribution >= 4 is 0 Å². The third kappa shape index (κ3) is 4.26. The van der Waals surface area contributed by atoms with Crippen molar-refractivity contribution in [3.8, 4) is 5.75 Å². The zero-order valence-corrected chi connectivity index (χ0v) is 12.1. The molecule has 0 radical (unpaired) electrons. The average molecular weight is 291 g/mol. The van der Waals surface area contributed by atoms with Crippen LogP contribution in [0.1, 0.15) is 36.1 Å². The van der Waals surface area contributed by atoms with Gasteiger partial charge >= 0.3 is 0 Å². The van der Waals surface area contributed by atoms with Crippen LogP contribution >= 0.6 is 0 Å². The summed E-state index contributed by atoms with van der Waals surface area (Å²) in [6.07, 6.45) is -2.41. The summed E-state index contributed by atoms with van der Waals surface area (Å²) in [7, 11) is 1.64. The Kier molecular flexibility index (Phi) is 5.28. The first-order valence-corrected chi connectivity index (χ1v) is 6.84. The molecule has 2 aromatic rings. The summed E-state index contributed by atoms with van der Waals surface area (Å²) in [6, 6.07) is 14.4. The van der Waals surface area contributed by atoms with E-state index < -0.39 is 6.43 Å². The zero-order valence-electron chi connectivity index (χ0n) is 12.1. The fourth-order valence-electron chi connectivity index (χ4n) is 2.08. The Morgan fingerprint density at radius 1 is 1.05 bits per heavy atom. The van der Waals surface area contributed by atoms with Crippen molar-refractivity contribution in [3.63, 3.8) is 0 Å². The molecule has 0 aliphatic carbocycles. The summed E-state index contributed by atoms with van der Waals surface area (Å²) >= 11 is 0. The van der Waals surface area contributed by atoms with E-state index >= 15 is 0 Å². The molecule has 0 aromatic heterocycles. The SMILES string of the molecule is COc1cccc(C(C)NCc2ccc(C(F)F)cc2)c1. The van der Waals surface area contributed by atoms with Gasteiger partial charge in [0.15, 0.2) is 0 Å². The average Bonchev–Trinajstić information content (AvgIpc) is 2.53. The molecule has 112 valence electrons. The monoisotopic (exact) mass is 291 g/mol. The number of hydrogen-bond donors (Lipinski definition) is 1. The normalized spacial score (nSPS) is 12.4. The highest BCUT2D eigenvalue weighted by Crippen LogP contribution is 2.20.